The van der Waals surface area contributed by atoms with Gasteiger partial charge in [0.1, 0.15) is 0 Å². The fraction of sp³-hybridized carbons (Fsp3) is 0.438. The van der Waals surface area contributed by atoms with Crippen LogP contribution in [-0.4, -0.2) is 45.7 Å². The van der Waals surface area contributed by atoms with Gasteiger partial charge in [-0.05, 0) is 24.5 Å². The van der Waals surface area contributed by atoms with Crippen LogP contribution in [0.15, 0.2) is 41.7 Å². The third kappa shape index (κ3) is 4.22. The van der Waals surface area contributed by atoms with Crippen LogP contribution in [0.2, 0.25) is 0 Å². The number of nitrogens with one attached hydrogen (secondary N) is 1. The number of ether oxygens (including phenoxy) is 1. The Morgan fingerprint density at radius 2 is 2.41 bits per heavy atom. The Morgan fingerprint density at radius 1 is 1.45 bits per heavy atom. The quantitative estimate of drug-likeness (QED) is 0.892. The van der Waals surface area contributed by atoms with E-state index in [0.717, 1.165) is 44.8 Å². The molecule has 0 bridgehead atoms. The van der Waals surface area contributed by atoms with Gasteiger partial charge in [0.25, 0.3) is 5.56 Å². The molecule has 0 aromatic carbocycles. The molecule has 0 amide bonds. The highest BCUT2D eigenvalue weighted by molar-refractivity contribution is 5.08. The average molecular weight is 300 g/mol. The number of nitrogens with zero attached hydrogens (tertiary/aromatic N) is 3. The minimum absolute atomic E-state index is 0.104. The fourth-order valence-corrected chi connectivity index (χ4v) is 2.70. The van der Waals surface area contributed by atoms with Crippen LogP contribution >= 0.6 is 0 Å². The van der Waals surface area contributed by atoms with E-state index in [-0.39, 0.29) is 11.7 Å². The molecule has 6 heteroatoms. The van der Waals surface area contributed by atoms with E-state index < -0.39 is 0 Å². The van der Waals surface area contributed by atoms with Crippen molar-refractivity contribution in [2.45, 2.75) is 25.5 Å². The lowest BCUT2D eigenvalue weighted by molar-refractivity contribution is -0.0347. The van der Waals surface area contributed by atoms with Crippen molar-refractivity contribution in [1.82, 2.24) is 19.9 Å². The highest BCUT2D eigenvalue weighted by Crippen LogP contribution is 2.13. The zero-order valence-corrected chi connectivity index (χ0v) is 12.4. The third-order valence-corrected chi connectivity index (χ3v) is 3.81. The molecule has 0 spiro atoms. The normalized spacial score (nSPS) is 19.2. The van der Waals surface area contributed by atoms with Gasteiger partial charge < -0.3 is 9.72 Å². The summed E-state index contributed by atoms with van der Waals surface area (Å²) in [7, 11) is 0. The first kappa shape index (κ1) is 14.9. The van der Waals surface area contributed by atoms with Crippen LogP contribution < -0.4 is 5.56 Å². The molecule has 3 rings (SSSR count). The topological polar surface area (TPSA) is 71.1 Å². The lowest BCUT2D eigenvalue weighted by Crippen LogP contribution is -2.42. The van der Waals surface area contributed by atoms with E-state index in [4.69, 9.17) is 4.74 Å². The summed E-state index contributed by atoms with van der Waals surface area (Å²) < 4.78 is 5.83. The number of aromatic amines is 1. The Morgan fingerprint density at radius 3 is 3.23 bits per heavy atom. The minimum Gasteiger partial charge on any atom is -0.376 e. The highest BCUT2D eigenvalue weighted by atomic mass is 16.5. The summed E-state index contributed by atoms with van der Waals surface area (Å²) in [6.45, 7) is 3.48. The molecule has 1 fully saturated rings. The SMILES string of the molecule is O=c1cc(CCC2CN(Cc3cccnc3)CCO2)nc[nH]1. The van der Waals surface area contributed by atoms with Crippen LogP contribution in [0, 0.1) is 0 Å². The predicted octanol–water partition coefficient (Wildman–Crippen LogP) is 0.998. The Balaban J connectivity index is 1.51. The molecule has 0 radical (unpaired) electrons. The Labute approximate surface area is 129 Å². The molecule has 116 valence electrons. The summed E-state index contributed by atoms with van der Waals surface area (Å²) in [6.07, 6.45) is 6.97. The molecule has 1 atom stereocenters. The van der Waals surface area contributed by atoms with E-state index in [2.05, 4.69) is 25.9 Å². The van der Waals surface area contributed by atoms with Gasteiger partial charge in [-0.1, -0.05) is 6.07 Å². The van der Waals surface area contributed by atoms with Crippen molar-refractivity contribution in [2.75, 3.05) is 19.7 Å². The van der Waals surface area contributed by atoms with Crippen molar-refractivity contribution in [3.63, 3.8) is 0 Å². The van der Waals surface area contributed by atoms with E-state index in [0.29, 0.717) is 0 Å². The molecule has 2 aromatic heterocycles. The van der Waals surface area contributed by atoms with E-state index >= 15 is 0 Å². The van der Waals surface area contributed by atoms with Crippen LogP contribution in [0.1, 0.15) is 17.7 Å². The number of hydrogen-bond acceptors (Lipinski definition) is 5. The highest BCUT2D eigenvalue weighted by Gasteiger charge is 2.20. The van der Waals surface area contributed by atoms with E-state index in [1.54, 1.807) is 12.3 Å². The molecule has 22 heavy (non-hydrogen) atoms. The number of pyridine rings is 1. The van der Waals surface area contributed by atoms with Gasteiger partial charge in [0.05, 0.1) is 19.0 Å². The summed E-state index contributed by atoms with van der Waals surface area (Å²) in [6, 6.07) is 5.61. The first-order valence-corrected chi connectivity index (χ1v) is 7.56. The smallest absolute Gasteiger partial charge is 0.250 e. The number of hydrogen-bond donors (Lipinski definition) is 1. The van der Waals surface area contributed by atoms with Crippen molar-refractivity contribution in [2.24, 2.45) is 0 Å². The molecule has 0 aliphatic carbocycles. The number of rotatable bonds is 5. The lowest BCUT2D eigenvalue weighted by atomic mass is 10.1. The molecule has 3 heterocycles. The second-order valence-electron chi connectivity index (χ2n) is 5.53. The molecule has 1 aliphatic heterocycles. The molecule has 6 nitrogen and oxygen atoms in total. The maximum absolute atomic E-state index is 11.3. The Kier molecular flexibility index (Phi) is 4.92. The molecular formula is C16H20N4O2. The standard InChI is InChI=1S/C16H20N4O2/c21-16-8-14(18-12-19-16)3-4-15-11-20(6-7-22-15)10-13-2-1-5-17-9-13/h1-2,5,8-9,12,15H,3-4,6-7,10-11H2,(H,18,19,21). The van der Waals surface area contributed by atoms with Crippen LogP contribution in [0.5, 0.6) is 0 Å². The van der Waals surface area contributed by atoms with Gasteiger partial charge in [0.15, 0.2) is 0 Å². The maximum Gasteiger partial charge on any atom is 0.250 e. The van der Waals surface area contributed by atoms with Crippen molar-refractivity contribution in [3.05, 3.63) is 58.5 Å². The van der Waals surface area contributed by atoms with Gasteiger partial charge in [0.2, 0.25) is 0 Å². The molecule has 2 aromatic rings. The summed E-state index contributed by atoms with van der Waals surface area (Å²) in [4.78, 5) is 24.5. The Hall–Kier alpha value is -2.05. The second-order valence-corrected chi connectivity index (χ2v) is 5.53. The van der Waals surface area contributed by atoms with E-state index in [1.165, 1.54) is 11.9 Å². The molecule has 1 N–H and O–H groups in total. The zero-order valence-electron chi connectivity index (χ0n) is 12.4. The lowest BCUT2D eigenvalue weighted by Gasteiger charge is -2.32. The molecule has 0 saturated carbocycles. The second kappa shape index (κ2) is 7.29. The van der Waals surface area contributed by atoms with Crippen molar-refractivity contribution < 1.29 is 4.74 Å². The van der Waals surface area contributed by atoms with Gasteiger partial charge in [-0.3, -0.25) is 14.7 Å². The molecule has 1 aliphatic rings. The van der Waals surface area contributed by atoms with Crippen LogP contribution in [-0.2, 0) is 17.7 Å². The van der Waals surface area contributed by atoms with Crippen molar-refractivity contribution in [3.8, 4) is 0 Å². The predicted molar refractivity (Wildman–Crippen MR) is 82.4 cm³/mol. The maximum atomic E-state index is 11.3. The minimum atomic E-state index is -0.104. The fourth-order valence-electron chi connectivity index (χ4n) is 2.70. The molecule has 1 unspecified atom stereocenters. The zero-order chi connectivity index (χ0) is 15.2. The van der Waals surface area contributed by atoms with Gasteiger partial charge in [-0.25, -0.2) is 4.98 Å². The summed E-state index contributed by atoms with van der Waals surface area (Å²) in [5, 5.41) is 0. The summed E-state index contributed by atoms with van der Waals surface area (Å²) >= 11 is 0. The van der Waals surface area contributed by atoms with Gasteiger partial charge >= 0.3 is 0 Å². The average Bonchev–Trinajstić information content (AvgIpc) is 2.54. The summed E-state index contributed by atoms with van der Waals surface area (Å²) in [5.74, 6) is 0. The van der Waals surface area contributed by atoms with E-state index in [1.807, 2.05) is 12.3 Å². The number of aromatic nitrogens is 3. The Bertz CT molecular complexity index is 644. The van der Waals surface area contributed by atoms with Crippen LogP contribution in [0.3, 0.4) is 0 Å². The summed E-state index contributed by atoms with van der Waals surface area (Å²) in [5.41, 5.74) is 1.93. The van der Waals surface area contributed by atoms with Gasteiger partial charge in [0, 0.05) is 43.8 Å². The van der Waals surface area contributed by atoms with Crippen molar-refractivity contribution in [1.29, 1.82) is 0 Å². The van der Waals surface area contributed by atoms with Crippen LogP contribution in [0.4, 0.5) is 0 Å². The van der Waals surface area contributed by atoms with Crippen molar-refractivity contribution >= 4 is 0 Å². The first-order chi connectivity index (χ1) is 10.8. The molecule has 1 saturated heterocycles. The third-order valence-electron chi connectivity index (χ3n) is 3.81. The van der Waals surface area contributed by atoms with Crippen LogP contribution in [0.25, 0.3) is 0 Å². The molecular weight excluding hydrogens is 280 g/mol. The number of aryl methyl sites for hydroxylation is 1. The number of H-pyrrole nitrogens is 1. The largest absolute Gasteiger partial charge is 0.376 e. The van der Waals surface area contributed by atoms with Gasteiger partial charge in [-0.15, -0.1) is 0 Å². The van der Waals surface area contributed by atoms with Gasteiger partial charge in [-0.2, -0.15) is 0 Å². The van der Waals surface area contributed by atoms with E-state index in [9.17, 15) is 4.79 Å². The monoisotopic (exact) mass is 300 g/mol. The first-order valence-electron chi connectivity index (χ1n) is 7.56. The number of morpholine rings is 1.